The van der Waals surface area contributed by atoms with Crippen LogP contribution in [0.2, 0.25) is 4.18 Å². The van der Waals surface area contributed by atoms with E-state index in [4.69, 9.17) is 5.11 Å². The summed E-state index contributed by atoms with van der Waals surface area (Å²) >= 11 is -1.40. The maximum absolute atomic E-state index is 10.4. The van der Waals surface area contributed by atoms with Crippen LogP contribution in [0, 0.1) is 0 Å². The molecule has 0 amide bonds. The minimum absolute atomic E-state index is 0.454. The van der Waals surface area contributed by atoms with Crippen molar-refractivity contribution in [3.05, 3.63) is 12.2 Å². The molecule has 0 aliphatic rings. The molecular formula is C17H33InO2. The van der Waals surface area contributed by atoms with Gasteiger partial charge in [-0.3, -0.25) is 0 Å². The van der Waals surface area contributed by atoms with Crippen molar-refractivity contribution >= 4 is 26.6 Å². The topological polar surface area (TPSA) is 37.3 Å². The van der Waals surface area contributed by atoms with Crippen LogP contribution >= 0.6 is 0 Å². The molecule has 0 atom stereocenters. The molecule has 0 aromatic carbocycles. The van der Waals surface area contributed by atoms with Gasteiger partial charge in [-0.2, -0.15) is 0 Å². The van der Waals surface area contributed by atoms with Crippen LogP contribution in [0.15, 0.2) is 12.2 Å². The number of rotatable bonds is 15. The van der Waals surface area contributed by atoms with E-state index in [1.54, 1.807) is 0 Å². The van der Waals surface area contributed by atoms with Gasteiger partial charge in [0.1, 0.15) is 0 Å². The number of allylic oxidation sites excluding steroid dienone is 2. The summed E-state index contributed by atoms with van der Waals surface area (Å²) in [6.45, 7) is 2.26. The molecule has 0 spiro atoms. The van der Waals surface area contributed by atoms with Gasteiger partial charge < -0.3 is 0 Å². The molecule has 0 radical (unpaired) electrons. The third-order valence-corrected chi connectivity index (χ3v) is 7.31. The molecule has 0 aliphatic carbocycles. The standard InChI is InChI=1S/C16H31.CHO2.In.H/c1-3-5-7-9-11-13-15-16-14-12-10-8-6-4-2;2-1-3;;/h13,15H,1,3-12,14,16H2,2H3;(H,2,3);;/b15-13-;;;. The number of carbonyl (C=O) groups is 1. The van der Waals surface area contributed by atoms with Gasteiger partial charge in [0, 0.05) is 0 Å². The fourth-order valence-corrected chi connectivity index (χ4v) is 4.93. The zero-order valence-electron chi connectivity index (χ0n) is 13.4. The van der Waals surface area contributed by atoms with Crippen molar-refractivity contribution in [2.45, 2.75) is 88.2 Å². The Kier molecular flexibility index (Phi) is 17.2. The zero-order chi connectivity index (χ0) is 14.9. The van der Waals surface area contributed by atoms with E-state index >= 15 is 0 Å². The Morgan fingerprint density at radius 2 is 1.35 bits per heavy atom. The van der Waals surface area contributed by atoms with Crippen molar-refractivity contribution in [3.63, 3.8) is 0 Å². The van der Waals surface area contributed by atoms with Crippen molar-refractivity contribution in [1.29, 1.82) is 0 Å². The van der Waals surface area contributed by atoms with Gasteiger partial charge in [0.05, 0.1) is 0 Å². The number of unbranched alkanes of at least 4 members (excludes halogenated alkanes) is 10. The van der Waals surface area contributed by atoms with Gasteiger partial charge in [-0.05, 0) is 0 Å². The number of hydrogen-bond donors (Lipinski definition) is 1. The predicted octanol–water partition coefficient (Wildman–Crippen LogP) is 5.78. The Morgan fingerprint density at radius 3 is 1.90 bits per heavy atom. The molecule has 0 heterocycles. The number of hydrogen-bond acceptors (Lipinski definition) is 1. The van der Waals surface area contributed by atoms with Crippen LogP contribution in [0.1, 0.15) is 84.0 Å². The summed E-state index contributed by atoms with van der Waals surface area (Å²) in [6, 6.07) is 0. The molecule has 0 saturated carbocycles. The van der Waals surface area contributed by atoms with Gasteiger partial charge >= 0.3 is 111 Å². The van der Waals surface area contributed by atoms with Crippen LogP contribution in [0.4, 0.5) is 4.79 Å². The van der Waals surface area contributed by atoms with E-state index in [-0.39, 0.29) is 0 Å². The van der Waals surface area contributed by atoms with Crippen LogP contribution in [0.3, 0.4) is 0 Å². The Bertz CT molecular complexity index is 239. The average Bonchev–Trinajstić information content (AvgIpc) is 2.43. The third kappa shape index (κ3) is 18.1. The second-order valence-electron chi connectivity index (χ2n) is 5.73. The first-order valence-electron chi connectivity index (χ1n) is 8.64. The van der Waals surface area contributed by atoms with Crippen LogP contribution < -0.4 is 0 Å². The summed E-state index contributed by atoms with van der Waals surface area (Å²) in [5.41, 5.74) is 0. The molecule has 116 valence electrons. The molecule has 3 heteroatoms. The fraction of sp³-hybridized carbons (Fsp3) is 0.824. The molecule has 0 saturated heterocycles. The molecule has 0 unspecified atom stereocenters. The van der Waals surface area contributed by atoms with E-state index in [0.717, 1.165) is 10.6 Å². The Hall–Kier alpha value is 0.0801. The summed E-state index contributed by atoms with van der Waals surface area (Å²) in [4.78, 5) is 10.4. The predicted molar refractivity (Wildman–Crippen MR) is 90.2 cm³/mol. The van der Waals surface area contributed by atoms with Gasteiger partial charge in [0.15, 0.2) is 0 Å². The van der Waals surface area contributed by atoms with Crippen molar-refractivity contribution in [2.75, 3.05) is 0 Å². The molecule has 0 aromatic rings. The van der Waals surface area contributed by atoms with Crippen LogP contribution in [-0.4, -0.2) is 31.7 Å². The first-order valence-corrected chi connectivity index (χ1v) is 13.5. The molecule has 0 bridgehead atoms. The first-order chi connectivity index (χ1) is 9.77. The van der Waals surface area contributed by atoms with E-state index in [1.807, 2.05) is 0 Å². The first kappa shape index (κ1) is 20.1. The van der Waals surface area contributed by atoms with Gasteiger partial charge in [-0.15, -0.1) is 0 Å². The quantitative estimate of drug-likeness (QED) is 0.287. The number of carboxylic acid groups (broad SMARTS) is 1. The second kappa shape index (κ2) is 17.1. The van der Waals surface area contributed by atoms with Gasteiger partial charge in [-0.1, -0.05) is 26.2 Å². The van der Waals surface area contributed by atoms with Crippen molar-refractivity contribution in [1.82, 2.24) is 0 Å². The molecule has 0 fully saturated rings. The Balaban J connectivity index is 3.07. The average molecular weight is 384 g/mol. The summed E-state index contributed by atoms with van der Waals surface area (Å²) in [5, 5.41) is 8.60. The van der Waals surface area contributed by atoms with E-state index in [2.05, 4.69) is 19.1 Å². The molecule has 2 nitrogen and oxygen atoms in total. The monoisotopic (exact) mass is 384 g/mol. The van der Waals surface area contributed by atoms with Crippen molar-refractivity contribution < 1.29 is 9.90 Å². The van der Waals surface area contributed by atoms with Crippen molar-refractivity contribution in [3.8, 4) is 0 Å². The van der Waals surface area contributed by atoms with Crippen LogP contribution in [0.25, 0.3) is 0 Å². The van der Waals surface area contributed by atoms with E-state index in [1.165, 1.54) is 70.6 Å². The summed E-state index contributed by atoms with van der Waals surface area (Å²) in [5.74, 6) is 0. The van der Waals surface area contributed by atoms with Gasteiger partial charge in [0.25, 0.3) is 0 Å². The maximum atomic E-state index is 10.4. The van der Waals surface area contributed by atoms with Crippen LogP contribution in [0.5, 0.6) is 0 Å². The van der Waals surface area contributed by atoms with Crippen molar-refractivity contribution in [2.24, 2.45) is 0 Å². The molecule has 0 aromatic heterocycles. The third-order valence-electron chi connectivity index (χ3n) is 3.65. The Morgan fingerprint density at radius 1 is 0.850 bits per heavy atom. The summed E-state index contributed by atoms with van der Waals surface area (Å²) < 4.78 is 0.592. The molecule has 1 N–H and O–H groups in total. The minimum atomic E-state index is -1.40. The van der Waals surface area contributed by atoms with Gasteiger partial charge in [-0.25, -0.2) is 0 Å². The van der Waals surface area contributed by atoms with E-state index < -0.39 is 26.6 Å². The van der Waals surface area contributed by atoms with Crippen LogP contribution in [-0.2, 0) is 0 Å². The molecule has 0 rings (SSSR count). The summed E-state index contributed by atoms with van der Waals surface area (Å²) in [7, 11) is 0. The normalized spacial score (nSPS) is 11.1. The molecule has 20 heavy (non-hydrogen) atoms. The Labute approximate surface area is 136 Å². The summed E-state index contributed by atoms with van der Waals surface area (Å²) in [6.07, 6.45) is 20.4. The van der Waals surface area contributed by atoms with E-state index in [9.17, 15) is 4.79 Å². The SMILES string of the molecule is CCCCCCCC/C=C\CCCCC[CH2][InH][C](=O)O. The van der Waals surface area contributed by atoms with Gasteiger partial charge in [0.2, 0.25) is 0 Å². The molecular weight excluding hydrogens is 351 g/mol. The zero-order valence-corrected chi connectivity index (χ0v) is 17.4. The van der Waals surface area contributed by atoms with E-state index in [0.29, 0.717) is 0 Å². The fourth-order valence-electron chi connectivity index (χ4n) is 2.35. The molecule has 0 aliphatic heterocycles. The second-order valence-corrected chi connectivity index (χ2v) is 10.9.